The minimum Gasteiger partial charge on any atom is -0.491 e. The van der Waals surface area contributed by atoms with Gasteiger partial charge in [0.05, 0.1) is 17.1 Å². The molecule has 0 saturated carbocycles. The van der Waals surface area contributed by atoms with Gasteiger partial charge in [0.15, 0.2) is 0 Å². The van der Waals surface area contributed by atoms with Gasteiger partial charge in [0.25, 0.3) is 0 Å². The van der Waals surface area contributed by atoms with Crippen LogP contribution in [0.4, 0.5) is 0 Å². The number of ether oxygens (including phenoxy) is 1. The Morgan fingerprint density at radius 3 is 2.84 bits per heavy atom. The van der Waals surface area contributed by atoms with E-state index in [4.69, 9.17) is 16.3 Å². The number of para-hydroxylation sites is 2. The van der Waals surface area contributed by atoms with Crippen molar-refractivity contribution >= 4 is 22.6 Å². The van der Waals surface area contributed by atoms with E-state index in [1.807, 2.05) is 50.2 Å². The van der Waals surface area contributed by atoms with Crippen LogP contribution in [-0.2, 0) is 13.0 Å². The molecule has 1 aromatic heterocycles. The van der Waals surface area contributed by atoms with Crippen LogP contribution in [0.5, 0.6) is 5.75 Å². The van der Waals surface area contributed by atoms with Crippen molar-refractivity contribution in [2.45, 2.75) is 39.3 Å². The summed E-state index contributed by atoms with van der Waals surface area (Å²) in [6.45, 7) is 5.70. The first-order chi connectivity index (χ1) is 12.1. The molecular weight excluding hydrogens is 334 g/mol. The molecule has 3 rings (SSSR count). The Bertz CT molecular complexity index is 796. The van der Waals surface area contributed by atoms with Crippen LogP contribution in [0.2, 0.25) is 5.02 Å². The van der Waals surface area contributed by atoms with Gasteiger partial charge in [-0.05, 0) is 57.1 Å². The molecule has 0 aliphatic heterocycles. The highest BCUT2D eigenvalue weighted by Gasteiger charge is 2.07. The molecule has 2 N–H and O–H groups in total. The van der Waals surface area contributed by atoms with E-state index in [1.165, 1.54) is 0 Å². The van der Waals surface area contributed by atoms with E-state index in [-0.39, 0.29) is 6.10 Å². The second kappa shape index (κ2) is 8.37. The van der Waals surface area contributed by atoms with Gasteiger partial charge in [-0.2, -0.15) is 0 Å². The molecule has 0 atom stereocenters. The third-order valence-electron chi connectivity index (χ3n) is 3.91. The van der Waals surface area contributed by atoms with Gasteiger partial charge in [0.2, 0.25) is 0 Å². The first-order valence-corrected chi connectivity index (χ1v) is 9.09. The van der Waals surface area contributed by atoms with E-state index in [9.17, 15) is 0 Å². The van der Waals surface area contributed by atoms with Gasteiger partial charge in [-0.15, -0.1) is 0 Å². The molecule has 0 aliphatic rings. The van der Waals surface area contributed by atoms with Gasteiger partial charge < -0.3 is 15.0 Å². The molecule has 2 aromatic carbocycles. The van der Waals surface area contributed by atoms with Crippen molar-refractivity contribution in [3.63, 3.8) is 0 Å². The third kappa shape index (κ3) is 4.97. The number of nitrogens with one attached hydrogen (secondary N) is 2. The Kier molecular flexibility index (Phi) is 5.95. The molecule has 0 bridgehead atoms. The number of benzene rings is 2. The van der Waals surface area contributed by atoms with E-state index in [1.54, 1.807) is 0 Å². The summed E-state index contributed by atoms with van der Waals surface area (Å²) < 4.78 is 5.85. The van der Waals surface area contributed by atoms with Crippen LogP contribution in [0, 0.1) is 0 Å². The number of hydrogen-bond acceptors (Lipinski definition) is 3. The Labute approximate surface area is 153 Å². The zero-order chi connectivity index (χ0) is 17.6. The van der Waals surface area contributed by atoms with Crippen LogP contribution in [0.3, 0.4) is 0 Å². The fourth-order valence-corrected chi connectivity index (χ4v) is 2.98. The largest absolute Gasteiger partial charge is 0.491 e. The lowest BCUT2D eigenvalue weighted by atomic mass is 10.2. The Hall–Kier alpha value is -2.04. The fraction of sp³-hybridized carbons (Fsp3) is 0.350. The number of aromatic amines is 1. The maximum absolute atomic E-state index is 6.12. The predicted molar refractivity (Wildman–Crippen MR) is 103 cm³/mol. The lowest BCUT2D eigenvalue weighted by Gasteiger charge is -2.15. The van der Waals surface area contributed by atoms with Crippen molar-refractivity contribution < 1.29 is 4.74 Å². The molecule has 132 valence electrons. The zero-order valence-corrected chi connectivity index (χ0v) is 15.4. The number of aryl methyl sites for hydroxylation is 1. The molecule has 0 aliphatic carbocycles. The van der Waals surface area contributed by atoms with Gasteiger partial charge in [-0.3, -0.25) is 0 Å². The molecule has 4 nitrogen and oxygen atoms in total. The second-order valence-corrected chi connectivity index (χ2v) is 6.84. The van der Waals surface area contributed by atoms with Gasteiger partial charge in [0.1, 0.15) is 11.6 Å². The molecule has 5 heteroatoms. The van der Waals surface area contributed by atoms with Crippen molar-refractivity contribution in [1.82, 2.24) is 15.3 Å². The average molecular weight is 358 g/mol. The molecule has 0 spiro atoms. The quantitative estimate of drug-likeness (QED) is 0.573. The van der Waals surface area contributed by atoms with Crippen molar-refractivity contribution in [3.05, 3.63) is 58.9 Å². The predicted octanol–water partition coefficient (Wildman–Crippen LogP) is 4.73. The Balaban J connectivity index is 1.49. The molecule has 0 amide bonds. The molecule has 0 saturated heterocycles. The normalized spacial score (nSPS) is 11.4. The molecule has 0 unspecified atom stereocenters. The molecule has 0 fully saturated rings. The number of fused-ring (bicyclic) bond motifs is 1. The first-order valence-electron chi connectivity index (χ1n) is 8.71. The van der Waals surface area contributed by atoms with Crippen LogP contribution >= 0.6 is 11.6 Å². The summed E-state index contributed by atoms with van der Waals surface area (Å²) in [4.78, 5) is 7.97. The monoisotopic (exact) mass is 357 g/mol. The van der Waals surface area contributed by atoms with Crippen molar-refractivity contribution in [2.75, 3.05) is 6.54 Å². The molecule has 3 aromatic rings. The number of rotatable bonds is 8. The lowest BCUT2D eigenvalue weighted by Crippen LogP contribution is -2.17. The minimum atomic E-state index is 0.146. The number of aromatic nitrogens is 2. The highest BCUT2D eigenvalue weighted by molar-refractivity contribution is 6.30. The van der Waals surface area contributed by atoms with Gasteiger partial charge >= 0.3 is 0 Å². The number of H-pyrrole nitrogens is 1. The van der Waals surface area contributed by atoms with E-state index < -0.39 is 0 Å². The summed E-state index contributed by atoms with van der Waals surface area (Å²) in [6, 6.07) is 13.9. The minimum absolute atomic E-state index is 0.146. The highest BCUT2D eigenvalue weighted by Crippen LogP contribution is 2.24. The summed E-state index contributed by atoms with van der Waals surface area (Å²) >= 11 is 6.12. The van der Waals surface area contributed by atoms with Crippen LogP contribution in [0.1, 0.15) is 31.7 Å². The van der Waals surface area contributed by atoms with Crippen molar-refractivity contribution in [3.8, 4) is 5.75 Å². The van der Waals surface area contributed by atoms with Gasteiger partial charge in [0, 0.05) is 23.6 Å². The SMILES string of the molecule is CC(C)Oc1ccc(Cl)cc1CNCCCc1nc2ccccc2[nH]1. The summed E-state index contributed by atoms with van der Waals surface area (Å²) in [5.41, 5.74) is 3.21. The van der Waals surface area contributed by atoms with Crippen LogP contribution in [-0.4, -0.2) is 22.6 Å². The molecule has 25 heavy (non-hydrogen) atoms. The summed E-state index contributed by atoms with van der Waals surface area (Å²) in [5.74, 6) is 1.93. The maximum atomic E-state index is 6.12. The third-order valence-corrected chi connectivity index (χ3v) is 4.14. The molecular formula is C20H24ClN3O. The van der Waals surface area contributed by atoms with Crippen LogP contribution in [0.25, 0.3) is 11.0 Å². The molecule has 1 heterocycles. The van der Waals surface area contributed by atoms with Crippen molar-refractivity contribution in [2.24, 2.45) is 0 Å². The topological polar surface area (TPSA) is 49.9 Å². The Morgan fingerprint density at radius 1 is 1.20 bits per heavy atom. The lowest BCUT2D eigenvalue weighted by molar-refractivity contribution is 0.239. The number of nitrogens with zero attached hydrogens (tertiary/aromatic N) is 1. The summed E-state index contributed by atoms with van der Waals surface area (Å²) in [6.07, 6.45) is 2.08. The zero-order valence-electron chi connectivity index (χ0n) is 14.7. The fourth-order valence-electron chi connectivity index (χ4n) is 2.78. The second-order valence-electron chi connectivity index (χ2n) is 6.40. The van der Waals surface area contributed by atoms with Crippen LogP contribution < -0.4 is 10.1 Å². The number of halogens is 1. The number of hydrogen-bond donors (Lipinski definition) is 2. The summed E-state index contributed by atoms with van der Waals surface area (Å²) in [5, 5.41) is 4.20. The van der Waals surface area contributed by atoms with Crippen molar-refractivity contribution in [1.29, 1.82) is 0 Å². The first kappa shape index (κ1) is 17.8. The van der Waals surface area contributed by atoms with E-state index in [2.05, 4.69) is 21.4 Å². The average Bonchev–Trinajstić information content (AvgIpc) is 2.99. The van der Waals surface area contributed by atoms with E-state index in [0.717, 1.165) is 59.1 Å². The smallest absolute Gasteiger partial charge is 0.124 e. The van der Waals surface area contributed by atoms with Gasteiger partial charge in [-0.25, -0.2) is 4.98 Å². The van der Waals surface area contributed by atoms with Crippen LogP contribution in [0.15, 0.2) is 42.5 Å². The van der Waals surface area contributed by atoms with Gasteiger partial charge in [-0.1, -0.05) is 23.7 Å². The summed E-state index contributed by atoms with van der Waals surface area (Å²) in [7, 11) is 0. The standard InChI is InChI=1S/C20H24ClN3O/c1-14(2)25-19-10-9-16(21)12-15(19)13-22-11-5-8-20-23-17-6-3-4-7-18(17)24-20/h3-4,6-7,9-10,12,14,22H,5,8,11,13H2,1-2H3,(H,23,24). The highest BCUT2D eigenvalue weighted by atomic mass is 35.5. The number of imidazole rings is 1. The Morgan fingerprint density at radius 2 is 2.04 bits per heavy atom. The van der Waals surface area contributed by atoms with E-state index >= 15 is 0 Å². The molecule has 0 radical (unpaired) electrons. The van der Waals surface area contributed by atoms with E-state index in [0.29, 0.717) is 0 Å². The maximum Gasteiger partial charge on any atom is 0.124 e.